The van der Waals surface area contributed by atoms with E-state index < -0.39 is 23.5 Å². The quantitative estimate of drug-likeness (QED) is 0.176. The van der Waals surface area contributed by atoms with Gasteiger partial charge in [0.1, 0.15) is 5.75 Å². The minimum atomic E-state index is -4.90. The van der Waals surface area contributed by atoms with Crippen LogP contribution >= 0.6 is 0 Å². The third-order valence-electron chi connectivity index (χ3n) is 7.85. The first-order valence-electron chi connectivity index (χ1n) is 14.9. The van der Waals surface area contributed by atoms with Gasteiger partial charge in [-0.3, -0.25) is 9.59 Å². The maximum atomic E-state index is 13.9. The Labute approximate surface area is 268 Å². The summed E-state index contributed by atoms with van der Waals surface area (Å²) in [4.78, 5) is 35.0. The van der Waals surface area contributed by atoms with Crippen molar-refractivity contribution in [2.75, 3.05) is 28.6 Å². The number of rotatable bonds is 8. The van der Waals surface area contributed by atoms with Gasteiger partial charge in [-0.15, -0.1) is 0 Å². The minimum Gasteiger partial charge on any atom is -0.439 e. The van der Waals surface area contributed by atoms with Gasteiger partial charge >= 0.3 is 6.18 Å². The van der Waals surface area contributed by atoms with E-state index in [1.54, 1.807) is 29.2 Å². The number of pyridine rings is 1. The molecule has 1 fully saturated rings. The molecule has 3 heterocycles. The van der Waals surface area contributed by atoms with E-state index in [1.807, 2.05) is 61.5 Å². The van der Waals surface area contributed by atoms with E-state index in [0.717, 1.165) is 5.56 Å². The van der Waals surface area contributed by atoms with Gasteiger partial charge in [-0.2, -0.15) is 18.2 Å². The van der Waals surface area contributed by atoms with E-state index >= 15 is 0 Å². The number of ether oxygens (including phenoxy) is 1. The highest BCUT2D eigenvalue weighted by Gasteiger charge is 2.42. The average Bonchev–Trinajstić information content (AvgIpc) is 3.55. The van der Waals surface area contributed by atoms with Crippen molar-refractivity contribution in [1.82, 2.24) is 9.97 Å². The molecule has 2 amide bonds. The van der Waals surface area contributed by atoms with E-state index in [1.165, 1.54) is 23.9 Å². The second-order valence-corrected chi connectivity index (χ2v) is 11.1. The highest BCUT2D eigenvalue weighted by atomic mass is 19.4. The van der Waals surface area contributed by atoms with E-state index in [0.29, 0.717) is 42.9 Å². The Morgan fingerprint density at radius 3 is 2.23 bits per heavy atom. The van der Waals surface area contributed by atoms with Crippen LogP contribution in [0.5, 0.6) is 11.6 Å². The van der Waals surface area contributed by atoms with Crippen LogP contribution < -0.4 is 20.3 Å². The number of halogens is 3. The summed E-state index contributed by atoms with van der Waals surface area (Å²) in [5.41, 5.74) is 1.99. The number of aryl methyl sites for hydroxylation is 1. The van der Waals surface area contributed by atoms with Crippen molar-refractivity contribution >= 4 is 29.2 Å². The fraction of sp³-hybridized carbons (Fsp3) is 0.200. The predicted molar refractivity (Wildman–Crippen MR) is 170 cm³/mol. The predicted octanol–water partition coefficient (Wildman–Crippen LogP) is 8.08. The van der Waals surface area contributed by atoms with Crippen LogP contribution in [0.15, 0.2) is 102 Å². The van der Waals surface area contributed by atoms with Gasteiger partial charge in [0.25, 0.3) is 17.8 Å². The number of carbonyl (C=O) groups excluding carboxylic acids is 2. The van der Waals surface area contributed by atoms with Crippen molar-refractivity contribution in [3.63, 3.8) is 0 Å². The molecule has 0 saturated carbocycles. The number of oxazole rings is 1. The number of hydrogen-bond acceptors (Lipinski definition) is 7. The molecule has 1 aliphatic heterocycles. The molecule has 6 rings (SSSR count). The van der Waals surface area contributed by atoms with Crippen molar-refractivity contribution in [1.29, 1.82) is 0 Å². The van der Waals surface area contributed by atoms with E-state index in [4.69, 9.17) is 9.15 Å². The van der Waals surface area contributed by atoms with Crippen LogP contribution in [-0.2, 0) is 6.18 Å². The Morgan fingerprint density at radius 1 is 0.872 bits per heavy atom. The Bertz CT molecular complexity index is 1850. The van der Waals surface area contributed by atoms with Gasteiger partial charge in [-0.05, 0) is 73.2 Å². The Kier molecular flexibility index (Phi) is 8.92. The van der Waals surface area contributed by atoms with E-state index in [2.05, 4.69) is 20.6 Å². The highest BCUT2D eigenvalue weighted by Crippen LogP contribution is 2.36. The first-order valence-corrected chi connectivity index (χ1v) is 14.9. The molecule has 2 aromatic heterocycles. The lowest BCUT2D eigenvalue weighted by atomic mass is 9.90. The molecular formula is C35H30F3N5O4. The summed E-state index contributed by atoms with van der Waals surface area (Å²) in [6.45, 7) is 2.78. The molecule has 0 atom stereocenters. The molecule has 9 nitrogen and oxygen atoms in total. The number of alkyl halides is 3. The van der Waals surface area contributed by atoms with Crippen LogP contribution in [0.3, 0.4) is 0 Å². The van der Waals surface area contributed by atoms with Crippen LogP contribution in [0.1, 0.15) is 56.5 Å². The van der Waals surface area contributed by atoms with Gasteiger partial charge in [0.2, 0.25) is 11.6 Å². The Morgan fingerprint density at radius 2 is 1.57 bits per heavy atom. The fourth-order valence-electron chi connectivity index (χ4n) is 5.32. The first-order chi connectivity index (χ1) is 22.6. The van der Waals surface area contributed by atoms with E-state index in [9.17, 15) is 22.8 Å². The first kappa shape index (κ1) is 31.3. The Hall–Kier alpha value is -5.65. The van der Waals surface area contributed by atoms with Crippen molar-refractivity contribution in [2.24, 2.45) is 0 Å². The summed E-state index contributed by atoms with van der Waals surface area (Å²) in [6.07, 6.45) is -2.23. The van der Waals surface area contributed by atoms with Gasteiger partial charge in [0, 0.05) is 30.4 Å². The number of nitrogens with one attached hydrogen (secondary N) is 2. The molecule has 1 saturated heterocycles. The molecular weight excluding hydrogens is 611 g/mol. The zero-order valence-corrected chi connectivity index (χ0v) is 25.3. The number of amides is 2. The standard InChI is InChI=1S/C35H30F3N5O4/c1-22-7-5-6-10-28(22)41-32(44)25-11-14-27(15-12-25)46-29-16-13-26(21-39-29)40-33(45)30-31(35(36,37)38)42-34(47-30)43-19-17-24(18-20-43)23-8-3-2-4-9-23/h2-16,21,24H,17-20H2,1H3,(H,40,45)(H,41,44). The molecule has 1 aliphatic rings. The van der Waals surface area contributed by atoms with Crippen LogP contribution in [0.4, 0.5) is 30.6 Å². The fourth-order valence-corrected chi connectivity index (χ4v) is 5.32. The molecule has 47 heavy (non-hydrogen) atoms. The van der Waals surface area contributed by atoms with Gasteiger partial charge in [-0.25, -0.2) is 4.98 Å². The van der Waals surface area contributed by atoms with E-state index in [-0.39, 0.29) is 29.4 Å². The largest absolute Gasteiger partial charge is 0.439 e. The second kappa shape index (κ2) is 13.4. The van der Waals surface area contributed by atoms with Crippen molar-refractivity contribution in [2.45, 2.75) is 31.9 Å². The van der Waals surface area contributed by atoms with Gasteiger partial charge in [0.05, 0.1) is 11.9 Å². The number of nitrogens with zero attached hydrogens (tertiary/aromatic N) is 3. The molecule has 5 aromatic rings. The lowest BCUT2D eigenvalue weighted by Gasteiger charge is -2.31. The van der Waals surface area contributed by atoms with Crippen LogP contribution in [-0.4, -0.2) is 34.9 Å². The lowest BCUT2D eigenvalue weighted by molar-refractivity contribution is -0.141. The summed E-state index contributed by atoms with van der Waals surface area (Å²) in [7, 11) is 0. The number of hydrogen-bond donors (Lipinski definition) is 2. The zero-order valence-electron chi connectivity index (χ0n) is 25.3. The number of anilines is 3. The van der Waals surface area contributed by atoms with Crippen molar-refractivity contribution < 1.29 is 31.9 Å². The second-order valence-electron chi connectivity index (χ2n) is 11.1. The number of benzene rings is 3. The third-order valence-corrected chi connectivity index (χ3v) is 7.85. The molecule has 2 N–H and O–H groups in total. The topological polar surface area (TPSA) is 110 Å². The SMILES string of the molecule is Cc1ccccc1NC(=O)c1ccc(Oc2ccc(NC(=O)c3oc(N4CCC(c5ccccc5)CC4)nc3C(F)(F)F)cn2)cc1. The summed E-state index contributed by atoms with van der Waals surface area (Å²) in [5, 5.41) is 5.26. The van der Waals surface area contributed by atoms with Crippen LogP contribution in [0, 0.1) is 6.92 Å². The van der Waals surface area contributed by atoms with Gasteiger partial charge < -0.3 is 24.7 Å². The average molecular weight is 642 g/mol. The minimum absolute atomic E-state index is 0.125. The van der Waals surface area contributed by atoms with Crippen molar-refractivity contribution in [3.05, 3.63) is 125 Å². The summed E-state index contributed by atoms with van der Waals surface area (Å²) >= 11 is 0. The van der Waals surface area contributed by atoms with Gasteiger partial charge in [0.15, 0.2) is 5.69 Å². The number of aromatic nitrogens is 2. The van der Waals surface area contributed by atoms with Crippen LogP contribution in [0.2, 0.25) is 0 Å². The smallest absolute Gasteiger partial charge is 0.437 e. The lowest BCUT2D eigenvalue weighted by Crippen LogP contribution is -2.33. The normalized spacial score (nSPS) is 13.7. The van der Waals surface area contributed by atoms with Crippen LogP contribution in [0.25, 0.3) is 0 Å². The monoisotopic (exact) mass is 641 g/mol. The number of para-hydroxylation sites is 1. The molecule has 0 radical (unpaired) electrons. The summed E-state index contributed by atoms with van der Waals surface area (Å²) < 4.78 is 52.8. The van der Waals surface area contributed by atoms with Crippen molar-refractivity contribution in [3.8, 4) is 11.6 Å². The summed E-state index contributed by atoms with van der Waals surface area (Å²) in [5.74, 6) is -1.46. The molecule has 0 spiro atoms. The number of carbonyl (C=O) groups is 2. The summed E-state index contributed by atoms with van der Waals surface area (Å²) in [6, 6.07) is 26.4. The molecule has 0 bridgehead atoms. The van der Waals surface area contributed by atoms with Gasteiger partial charge in [-0.1, -0.05) is 48.5 Å². The highest BCUT2D eigenvalue weighted by molar-refractivity contribution is 6.05. The zero-order chi connectivity index (χ0) is 33.0. The molecule has 0 aliphatic carbocycles. The maximum absolute atomic E-state index is 13.9. The molecule has 240 valence electrons. The molecule has 0 unspecified atom stereocenters. The Balaban J connectivity index is 1.07. The number of piperidine rings is 1. The maximum Gasteiger partial charge on any atom is 0.437 e. The molecule has 3 aromatic carbocycles. The third kappa shape index (κ3) is 7.43. The molecule has 12 heteroatoms.